The number of benzene rings is 2. The Labute approximate surface area is 247 Å². The maximum absolute atomic E-state index is 13.9. The molecule has 40 heavy (non-hydrogen) atoms. The highest BCUT2D eigenvalue weighted by atomic mass is 35.5. The van der Waals surface area contributed by atoms with Crippen LogP contribution in [0.4, 0.5) is 16.2 Å². The number of phenols is 1. The van der Waals surface area contributed by atoms with Crippen molar-refractivity contribution >= 4 is 46.5 Å². The average Bonchev–Trinajstić information content (AvgIpc) is 2.79. The molecule has 216 valence electrons. The number of aromatic hydroxyl groups is 1. The summed E-state index contributed by atoms with van der Waals surface area (Å²) in [6, 6.07) is 6.18. The molecule has 0 atom stereocenters. The molecule has 0 aliphatic heterocycles. The fourth-order valence-electron chi connectivity index (χ4n) is 7.87. The zero-order valence-corrected chi connectivity index (χ0v) is 25.8. The lowest BCUT2D eigenvalue weighted by molar-refractivity contribution is -0.000167. The summed E-state index contributed by atoms with van der Waals surface area (Å²) in [6.07, 6.45) is 6.34. The maximum Gasteiger partial charge on any atom is 0.319 e. The van der Waals surface area contributed by atoms with Gasteiger partial charge in [-0.15, -0.1) is 0 Å². The van der Waals surface area contributed by atoms with Gasteiger partial charge in [0, 0.05) is 16.7 Å². The Bertz CT molecular complexity index is 1300. The summed E-state index contributed by atoms with van der Waals surface area (Å²) in [4.78, 5) is 28.8. The van der Waals surface area contributed by atoms with Crippen molar-refractivity contribution in [3.63, 3.8) is 0 Å². The number of hydrogen-bond acceptors (Lipinski definition) is 3. The van der Waals surface area contributed by atoms with Gasteiger partial charge in [-0.1, -0.05) is 64.7 Å². The number of hydrogen-bond donors (Lipinski definition) is 3. The predicted molar refractivity (Wildman–Crippen MR) is 163 cm³/mol. The summed E-state index contributed by atoms with van der Waals surface area (Å²) < 4.78 is 0. The second-order valence-electron chi connectivity index (χ2n) is 14.5. The van der Waals surface area contributed by atoms with Crippen molar-refractivity contribution < 1.29 is 14.7 Å². The Morgan fingerprint density at radius 1 is 0.875 bits per heavy atom. The molecule has 2 aromatic rings. The van der Waals surface area contributed by atoms with E-state index < -0.39 is 22.4 Å². The number of carbonyl (C=O) groups is 2. The summed E-state index contributed by atoms with van der Waals surface area (Å²) in [5.41, 5.74) is 7.57. The third-order valence-electron chi connectivity index (χ3n) is 9.22. The summed E-state index contributed by atoms with van der Waals surface area (Å²) in [7, 11) is 0. The number of amides is 3. The van der Waals surface area contributed by atoms with Gasteiger partial charge in [0.2, 0.25) is 0 Å². The molecule has 0 heterocycles. The third-order valence-corrected chi connectivity index (χ3v) is 9.94. The van der Waals surface area contributed by atoms with Crippen molar-refractivity contribution in [1.29, 1.82) is 0 Å². The summed E-state index contributed by atoms with van der Waals surface area (Å²) in [6.45, 7) is 12.0. The number of urea groups is 1. The van der Waals surface area contributed by atoms with Crippen molar-refractivity contribution in [3.8, 4) is 5.75 Å². The lowest BCUT2D eigenvalue weighted by atomic mass is 9.52. The minimum atomic E-state index is -0.550. The standard InChI is InChI=1S/C32H41Cl2N3O3/c1-30(2,3)21-10-20(11-22(27(21)38)31(4,5)6)28(39)36-25-12-23(33)24(34)13-26(25)37(29(35)40)32-14-17-7-18(15-32)9-19(8-17)16-32/h10-13,17-19,38H,7-9,14-16H2,1-6H3,(H2,35,40)(H,36,39). The van der Waals surface area contributed by atoms with Crippen LogP contribution in [0.2, 0.25) is 10.0 Å². The Balaban J connectivity index is 1.58. The molecule has 0 radical (unpaired) electrons. The number of rotatable bonds is 4. The van der Waals surface area contributed by atoms with Gasteiger partial charge in [0.1, 0.15) is 5.75 Å². The van der Waals surface area contributed by atoms with E-state index in [1.165, 1.54) is 19.3 Å². The molecule has 6 nitrogen and oxygen atoms in total. The molecule has 0 spiro atoms. The Morgan fingerprint density at radius 3 is 1.75 bits per heavy atom. The molecule has 0 unspecified atom stereocenters. The zero-order valence-electron chi connectivity index (χ0n) is 24.3. The van der Waals surface area contributed by atoms with E-state index in [9.17, 15) is 14.7 Å². The van der Waals surface area contributed by atoms with Crippen molar-refractivity contribution in [3.05, 3.63) is 51.0 Å². The molecule has 8 heteroatoms. The molecule has 2 aromatic carbocycles. The molecule has 4 saturated carbocycles. The molecular weight excluding hydrogens is 545 g/mol. The van der Waals surface area contributed by atoms with Crippen LogP contribution >= 0.6 is 23.2 Å². The number of carbonyl (C=O) groups excluding carboxylic acids is 2. The van der Waals surface area contributed by atoms with E-state index in [2.05, 4.69) is 5.32 Å². The van der Waals surface area contributed by atoms with Gasteiger partial charge in [-0.25, -0.2) is 4.79 Å². The molecule has 0 saturated heterocycles. The highest BCUT2D eigenvalue weighted by Gasteiger charge is 2.55. The van der Waals surface area contributed by atoms with Crippen LogP contribution in [0.1, 0.15) is 102 Å². The molecular formula is C32H41Cl2N3O3. The maximum atomic E-state index is 13.9. The second-order valence-corrected chi connectivity index (χ2v) is 15.3. The van der Waals surface area contributed by atoms with Crippen LogP contribution in [0, 0.1) is 17.8 Å². The van der Waals surface area contributed by atoms with Crippen LogP contribution < -0.4 is 16.0 Å². The van der Waals surface area contributed by atoms with Crippen LogP contribution in [0.25, 0.3) is 0 Å². The molecule has 4 aliphatic carbocycles. The van der Waals surface area contributed by atoms with E-state index in [0.717, 1.165) is 19.3 Å². The van der Waals surface area contributed by atoms with Crippen LogP contribution in [-0.2, 0) is 10.8 Å². The quantitative estimate of drug-likeness (QED) is 0.336. The Kier molecular flexibility index (Phi) is 7.15. The van der Waals surface area contributed by atoms with Gasteiger partial charge in [0.25, 0.3) is 5.91 Å². The van der Waals surface area contributed by atoms with Gasteiger partial charge in [0.05, 0.1) is 27.0 Å². The van der Waals surface area contributed by atoms with Crippen LogP contribution in [0.3, 0.4) is 0 Å². The third kappa shape index (κ3) is 5.18. The largest absolute Gasteiger partial charge is 0.507 e. The van der Waals surface area contributed by atoms with Crippen molar-refractivity contribution in [2.45, 2.75) is 96.4 Å². The van der Waals surface area contributed by atoms with Crippen LogP contribution in [0.15, 0.2) is 24.3 Å². The Morgan fingerprint density at radius 2 is 1.32 bits per heavy atom. The fraction of sp³-hybridized carbons (Fsp3) is 0.562. The smallest absolute Gasteiger partial charge is 0.319 e. The molecule has 3 amide bonds. The predicted octanol–water partition coefficient (Wildman–Crippen LogP) is 8.40. The molecule has 4 N–H and O–H groups in total. The van der Waals surface area contributed by atoms with Crippen LogP contribution in [-0.4, -0.2) is 22.6 Å². The summed E-state index contributed by atoms with van der Waals surface area (Å²) in [5.74, 6) is 1.58. The van der Waals surface area contributed by atoms with Gasteiger partial charge in [0.15, 0.2) is 0 Å². The van der Waals surface area contributed by atoms with Crippen molar-refractivity contribution in [1.82, 2.24) is 0 Å². The van der Waals surface area contributed by atoms with E-state index >= 15 is 0 Å². The lowest BCUT2D eigenvalue weighted by Gasteiger charge is -2.60. The molecule has 6 rings (SSSR count). The Hall–Kier alpha value is -2.44. The first-order chi connectivity index (χ1) is 18.5. The highest BCUT2D eigenvalue weighted by molar-refractivity contribution is 6.42. The van der Waals surface area contributed by atoms with Crippen molar-refractivity contribution in [2.75, 3.05) is 10.2 Å². The lowest BCUT2D eigenvalue weighted by Crippen LogP contribution is -2.63. The zero-order chi connectivity index (χ0) is 29.4. The molecule has 4 fully saturated rings. The minimum absolute atomic E-state index is 0.202. The molecule has 0 aromatic heterocycles. The van der Waals surface area contributed by atoms with Gasteiger partial charge >= 0.3 is 6.03 Å². The monoisotopic (exact) mass is 585 g/mol. The summed E-state index contributed by atoms with van der Waals surface area (Å²) in [5, 5.41) is 14.7. The van der Waals surface area contributed by atoms with E-state index in [1.807, 2.05) is 41.5 Å². The molecule has 4 bridgehead atoms. The van der Waals surface area contributed by atoms with E-state index in [0.29, 0.717) is 50.8 Å². The molecule has 4 aliphatic rings. The van der Waals surface area contributed by atoms with Gasteiger partial charge in [-0.3, -0.25) is 9.69 Å². The average molecular weight is 587 g/mol. The first kappa shape index (κ1) is 29.1. The number of primary amides is 1. The van der Waals surface area contributed by atoms with Gasteiger partial charge in [-0.05, 0) is 91.4 Å². The number of phenolic OH excluding ortho intramolecular Hbond substituents is 1. The topological polar surface area (TPSA) is 95.7 Å². The number of nitrogens with two attached hydrogens (primary N) is 1. The van der Waals surface area contributed by atoms with Gasteiger partial charge in [-0.2, -0.15) is 0 Å². The number of anilines is 2. The number of nitrogens with zero attached hydrogens (tertiary/aromatic N) is 1. The first-order valence-corrected chi connectivity index (χ1v) is 15.0. The van der Waals surface area contributed by atoms with E-state index in [4.69, 9.17) is 28.9 Å². The SMILES string of the molecule is CC(C)(C)c1cc(C(=O)Nc2cc(Cl)c(Cl)cc2N(C(N)=O)C23CC4CC(CC(C4)C2)C3)cc(C(C)(C)C)c1O. The van der Waals surface area contributed by atoms with E-state index in [1.54, 1.807) is 29.2 Å². The van der Waals surface area contributed by atoms with Crippen LogP contribution in [0.5, 0.6) is 5.75 Å². The number of nitrogens with one attached hydrogen (secondary N) is 1. The minimum Gasteiger partial charge on any atom is -0.507 e. The highest BCUT2D eigenvalue weighted by Crippen LogP contribution is 2.59. The van der Waals surface area contributed by atoms with Crippen molar-refractivity contribution in [2.24, 2.45) is 23.5 Å². The number of halogens is 2. The van der Waals surface area contributed by atoms with Gasteiger partial charge < -0.3 is 16.2 Å². The summed E-state index contributed by atoms with van der Waals surface area (Å²) >= 11 is 13.0. The van der Waals surface area contributed by atoms with E-state index in [-0.39, 0.29) is 16.7 Å². The normalized spacial score (nSPS) is 25.6. The second kappa shape index (κ2) is 9.84. The fourth-order valence-corrected chi connectivity index (χ4v) is 8.19. The first-order valence-electron chi connectivity index (χ1n) is 14.3.